The van der Waals surface area contributed by atoms with Crippen LogP contribution in [0, 0.1) is 16.0 Å². The minimum atomic E-state index is -0.847. The van der Waals surface area contributed by atoms with Gasteiger partial charge >= 0.3 is 5.69 Å². The summed E-state index contributed by atoms with van der Waals surface area (Å²) in [5.74, 6) is -0.160. The second kappa shape index (κ2) is 5.33. The standard InChI is InChI=1S/C14H18N2O5/c1-9(2)14(18)7-15(8-14)13(17)10-4-5-11(16(19)20)12(6-10)21-3/h4-6,9,18H,7-8H2,1-3H3. The molecule has 1 aromatic carbocycles. The van der Waals surface area contributed by atoms with Crippen LogP contribution in [0.25, 0.3) is 0 Å². The Labute approximate surface area is 122 Å². The Hall–Kier alpha value is -2.15. The van der Waals surface area contributed by atoms with Crippen LogP contribution in [0.3, 0.4) is 0 Å². The highest BCUT2D eigenvalue weighted by Crippen LogP contribution is 2.32. The third-order valence-corrected chi connectivity index (χ3v) is 3.91. The Morgan fingerprint density at radius 1 is 1.48 bits per heavy atom. The molecular formula is C14H18N2O5. The van der Waals surface area contributed by atoms with E-state index in [0.717, 1.165) is 0 Å². The number of hydrogen-bond donors (Lipinski definition) is 1. The monoisotopic (exact) mass is 294 g/mol. The van der Waals surface area contributed by atoms with Crippen molar-refractivity contribution in [3.63, 3.8) is 0 Å². The molecule has 0 bridgehead atoms. The summed E-state index contributed by atoms with van der Waals surface area (Å²) in [5, 5.41) is 21.0. The molecule has 1 amide bonds. The summed E-state index contributed by atoms with van der Waals surface area (Å²) in [7, 11) is 1.32. The maximum atomic E-state index is 12.3. The average Bonchev–Trinajstić information content (AvgIpc) is 2.41. The van der Waals surface area contributed by atoms with Crippen LogP contribution in [0.1, 0.15) is 24.2 Å². The van der Waals surface area contributed by atoms with Gasteiger partial charge in [-0.1, -0.05) is 13.8 Å². The van der Waals surface area contributed by atoms with E-state index < -0.39 is 10.5 Å². The number of hydrogen-bond acceptors (Lipinski definition) is 5. The number of methoxy groups -OCH3 is 1. The topological polar surface area (TPSA) is 92.9 Å². The van der Waals surface area contributed by atoms with Gasteiger partial charge in [0, 0.05) is 17.7 Å². The molecule has 1 aromatic rings. The van der Waals surface area contributed by atoms with Crippen molar-refractivity contribution >= 4 is 11.6 Å². The fourth-order valence-electron chi connectivity index (χ4n) is 2.27. The largest absolute Gasteiger partial charge is 0.490 e. The number of nitro groups is 1. The van der Waals surface area contributed by atoms with Crippen LogP contribution >= 0.6 is 0 Å². The molecule has 1 heterocycles. The first-order chi connectivity index (χ1) is 9.78. The van der Waals surface area contributed by atoms with Crippen LogP contribution < -0.4 is 4.74 Å². The van der Waals surface area contributed by atoms with Crippen LogP contribution in [0.5, 0.6) is 5.75 Å². The lowest BCUT2D eigenvalue weighted by atomic mass is 9.82. The molecule has 2 rings (SSSR count). The molecule has 0 saturated carbocycles. The Morgan fingerprint density at radius 3 is 2.57 bits per heavy atom. The van der Waals surface area contributed by atoms with E-state index in [1.54, 1.807) is 0 Å². The number of rotatable bonds is 4. The zero-order valence-electron chi connectivity index (χ0n) is 12.2. The number of ether oxygens (including phenoxy) is 1. The zero-order chi connectivity index (χ0) is 15.8. The predicted octanol–water partition coefficient (Wildman–Crippen LogP) is 1.45. The second-order valence-electron chi connectivity index (χ2n) is 5.56. The fraction of sp³-hybridized carbons (Fsp3) is 0.500. The van der Waals surface area contributed by atoms with Crippen LogP contribution in [0.15, 0.2) is 18.2 Å². The summed E-state index contributed by atoms with van der Waals surface area (Å²) in [6, 6.07) is 4.00. The highest BCUT2D eigenvalue weighted by atomic mass is 16.6. The number of carbonyl (C=O) groups is 1. The number of nitrogens with zero attached hydrogens (tertiary/aromatic N) is 2. The van der Waals surface area contributed by atoms with Crippen LogP contribution in [-0.4, -0.2) is 46.6 Å². The normalized spacial score (nSPS) is 16.5. The van der Waals surface area contributed by atoms with Gasteiger partial charge in [-0.2, -0.15) is 0 Å². The lowest BCUT2D eigenvalue weighted by molar-refractivity contribution is -0.385. The zero-order valence-corrected chi connectivity index (χ0v) is 12.2. The van der Waals surface area contributed by atoms with E-state index in [-0.39, 0.29) is 36.4 Å². The van der Waals surface area contributed by atoms with Gasteiger partial charge in [0.05, 0.1) is 25.1 Å². The summed E-state index contributed by atoms with van der Waals surface area (Å²) in [4.78, 5) is 24.0. The maximum absolute atomic E-state index is 12.3. The molecule has 114 valence electrons. The summed E-state index contributed by atoms with van der Waals surface area (Å²) in [5.41, 5.74) is -0.722. The predicted molar refractivity (Wildman–Crippen MR) is 75.3 cm³/mol. The lowest BCUT2D eigenvalue weighted by Gasteiger charge is -2.49. The van der Waals surface area contributed by atoms with Gasteiger partial charge in [0.15, 0.2) is 5.75 Å². The van der Waals surface area contributed by atoms with Crippen LogP contribution in [-0.2, 0) is 0 Å². The molecule has 7 nitrogen and oxygen atoms in total. The molecule has 1 aliphatic heterocycles. The van der Waals surface area contributed by atoms with Gasteiger partial charge in [-0.25, -0.2) is 0 Å². The third kappa shape index (κ3) is 2.69. The molecule has 0 aliphatic carbocycles. The molecule has 0 atom stereocenters. The van der Waals surface area contributed by atoms with E-state index >= 15 is 0 Å². The molecular weight excluding hydrogens is 276 g/mol. The number of carbonyl (C=O) groups excluding carboxylic acids is 1. The number of nitro benzene ring substituents is 1. The molecule has 1 saturated heterocycles. The number of benzene rings is 1. The first-order valence-electron chi connectivity index (χ1n) is 6.62. The van der Waals surface area contributed by atoms with Crippen molar-refractivity contribution in [2.45, 2.75) is 19.4 Å². The third-order valence-electron chi connectivity index (χ3n) is 3.91. The number of amides is 1. The second-order valence-corrected chi connectivity index (χ2v) is 5.56. The molecule has 7 heteroatoms. The van der Waals surface area contributed by atoms with Crippen molar-refractivity contribution in [3.8, 4) is 5.75 Å². The van der Waals surface area contributed by atoms with Crippen molar-refractivity contribution in [2.75, 3.05) is 20.2 Å². The molecule has 1 aliphatic rings. The maximum Gasteiger partial charge on any atom is 0.310 e. The fourth-order valence-corrected chi connectivity index (χ4v) is 2.27. The van der Waals surface area contributed by atoms with Crippen LogP contribution in [0.4, 0.5) is 5.69 Å². The van der Waals surface area contributed by atoms with Gasteiger partial charge in [-0.15, -0.1) is 0 Å². The molecule has 0 spiro atoms. The summed E-state index contributed by atoms with van der Waals surface area (Å²) < 4.78 is 4.95. The average molecular weight is 294 g/mol. The number of aliphatic hydroxyl groups is 1. The van der Waals surface area contributed by atoms with Gasteiger partial charge in [0.25, 0.3) is 5.91 Å². The van der Waals surface area contributed by atoms with E-state index in [9.17, 15) is 20.0 Å². The minimum Gasteiger partial charge on any atom is -0.490 e. The van der Waals surface area contributed by atoms with Crippen molar-refractivity contribution in [2.24, 2.45) is 5.92 Å². The molecule has 0 radical (unpaired) electrons. The molecule has 1 N–H and O–H groups in total. The number of β-amino-alcohol motifs (C(OH)–C–C–N with tert-alkyl or cyclic N) is 1. The van der Waals surface area contributed by atoms with Gasteiger partial charge in [-0.05, 0) is 12.0 Å². The first kappa shape index (κ1) is 15.2. The Balaban J connectivity index is 2.17. The Kier molecular flexibility index (Phi) is 3.87. The van der Waals surface area contributed by atoms with Crippen molar-refractivity contribution < 1.29 is 19.6 Å². The van der Waals surface area contributed by atoms with Crippen LogP contribution in [0.2, 0.25) is 0 Å². The van der Waals surface area contributed by atoms with Gasteiger partial charge in [0.2, 0.25) is 0 Å². The minimum absolute atomic E-state index is 0.0468. The smallest absolute Gasteiger partial charge is 0.310 e. The Bertz CT molecular complexity index is 579. The highest BCUT2D eigenvalue weighted by molar-refractivity contribution is 5.95. The van der Waals surface area contributed by atoms with Crippen molar-refractivity contribution in [1.29, 1.82) is 0 Å². The molecule has 1 fully saturated rings. The van der Waals surface area contributed by atoms with E-state index in [4.69, 9.17) is 4.74 Å². The molecule has 21 heavy (non-hydrogen) atoms. The van der Waals surface area contributed by atoms with Gasteiger partial charge < -0.3 is 14.7 Å². The summed E-state index contributed by atoms with van der Waals surface area (Å²) >= 11 is 0. The number of likely N-dealkylation sites (tertiary alicyclic amines) is 1. The van der Waals surface area contributed by atoms with E-state index in [1.165, 1.54) is 30.2 Å². The first-order valence-corrected chi connectivity index (χ1v) is 6.62. The van der Waals surface area contributed by atoms with Gasteiger partial charge in [-0.3, -0.25) is 14.9 Å². The van der Waals surface area contributed by atoms with Crippen molar-refractivity contribution in [1.82, 2.24) is 4.90 Å². The van der Waals surface area contributed by atoms with E-state index in [1.807, 2.05) is 13.8 Å². The van der Waals surface area contributed by atoms with E-state index in [2.05, 4.69) is 0 Å². The molecule has 0 aromatic heterocycles. The van der Waals surface area contributed by atoms with Crippen molar-refractivity contribution in [3.05, 3.63) is 33.9 Å². The molecule has 0 unspecified atom stereocenters. The van der Waals surface area contributed by atoms with E-state index in [0.29, 0.717) is 5.56 Å². The Morgan fingerprint density at radius 2 is 2.10 bits per heavy atom. The SMILES string of the molecule is COc1cc(C(=O)N2CC(O)(C(C)C)C2)ccc1[N+](=O)[O-]. The summed E-state index contributed by atoms with van der Waals surface area (Å²) in [6.45, 7) is 4.33. The van der Waals surface area contributed by atoms with Gasteiger partial charge in [0.1, 0.15) is 5.60 Å². The lowest BCUT2D eigenvalue weighted by Crippen LogP contribution is -2.65. The quantitative estimate of drug-likeness (QED) is 0.670. The highest BCUT2D eigenvalue weighted by Gasteiger charge is 2.46. The summed E-state index contributed by atoms with van der Waals surface area (Å²) in [6.07, 6.45) is 0.